The number of thiazole rings is 1. The zero-order chi connectivity index (χ0) is 24.9. The molecular formula is C31H35N3OS. The number of carbonyl (C=O) groups is 1. The smallest absolute Gasteiger partial charge is 0.139 e. The summed E-state index contributed by atoms with van der Waals surface area (Å²) in [5.41, 5.74) is 4.71. The second-order valence-electron chi connectivity index (χ2n) is 9.82. The van der Waals surface area contributed by atoms with E-state index in [0.29, 0.717) is 24.2 Å². The van der Waals surface area contributed by atoms with Crippen LogP contribution < -0.4 is 0 Å². The molecular weight excluding hydrogens is 462 g/mol. The predicted molar refractivity (Wildman–Crippen MR) is 152 cm³/mol. The lowest BCUT2D eigenvalue weighted by atomic mass is 9.96. The van der Waals surface area contributed by atoms with E-state index in [0.717, 1.165) is 54.7 Å². The number of benzene rings is 2. The maximum Gasteiger partial charge on any atom is 0.139 e. The molecule has 3 unspecified atom stereocenters. The van der Waals surface area contributed by atoms with Gasteiger partial charge in [-0.3, -0.25) is 9.79 Å². The lowest BCUT2D eigenvalue weighted by Gasteiger charge is -2.29. The number of aliphatic imine (C=N–C) groups is 1. The van der Waals surface area contributed by atoms with Gasteiger partial charge >= 0.3 is 0 Å². The van der Waals surface area contributed by atoms with Crippen molar-refractivity contribution >= 4 is 39.4 Å². The van der Waals surface area contributed by atoms with Crippen molar-refractivity contribution in [2.75, 3.05) is 6.54 Å². The molecule has 2 aromatic carbocycles. The van der Waals surface area contributed by atoms with Crippen molar-refractivity contribution < 1.29 is 4.79 Å². The van der Waals surface area contributed by atoms with Crippen molar-refractivity contribution in [3.63, 3.8) is 0 Å². The van der Waals surface area contributed by atoms with E-state index in [4.69, 9.17) is 4.98 Å². The van der Waals surface area contributed by atoms with Crippen LogP contribution in [-0.2, 0) is 4.79 Å². The van der Waals surface area contributed by atoms with Gasteiger partial charge in [0.05, 0.1) is 16.6 Å². The summed E-state index contributed by atoms with van der Waals surface area (Å²) >= 11 is 1.74. The van der Waals surface area contributed by atoms with Gasteiger partial charge < -0.3 is 4.90 Å². The number of aromatic nitrogens is 1. The fraction of sp³-hybridized carbons (Fsp3) is 0.387. The summed E-state index contributed by atoms with van der Waals surface area (Å²) in [5, 5.41) is 1.06. The van der Waals surface area contributed by atoms with Gasteiger partial charge in [0.15, 0.2) is 0 Å². The van der Waals surface area contributed by atoms with Crippen LogP contribution >= 0.6 is 11.3 Å². The van der Waals surface area contributed by atoms with Crippen LogP contribution in [-0.4, -0.2) is 34.6 Å². The molecule has 3 atom stereocenters. The largest absolute Gasteiger partial charge is 0.329 e. The third-order valence-electron chi connectivity index (χ3n) is 7.46. The average Bonchev–Trinajstić information content (AvgIpc) is 3.50. The number of para-hydroxylation sites is 1. The van der Waals surface area contributed by atoms with E-state index in [9.17, 15) is 4.79 Å². The van der Waals surface area contributed by atoms with Crippen molar-refractivity contribution in [2.24, 2.45) is 16.8 Å². The summed E-state index contributed by atoms with van der Waals surface area (Å²) in [6.07, 6.45) is 14.7. The third kappa shape index (κ3) is 5.36. The van der Waals surface area contributed by atoms with E-state index in [-0.39, 0.29) is 5.92 Å². The number of allylic oxidation sites excluding steroid dienone is 2. The Kier molecular flexibility index (Phi) is 7.76. The van der Waals surface area contributed by atoms with Crippen LogP contribution in [0.3, 0.4) is 0 Å². The highest BCUT2D eigenvalue weighted by atomic mass is 32.1. The van der Waals surface area contributed by atoms with Gasteiger partial charge in [0.1, 0.15) is 10.8 Å². The lowest BCUT2D eigenvalue weighted by molar-refractivity contribution is -0.121. The fourth-order valence-electron chi connectivity index (χ4n) is 5.37. The minimum Gasteiger partial charge on any atom is -0.329 e. The van der Waals surface area contributed by atoms with E-state index in [1.165, 1.54) is 16.0 Å². The first-order valence-electron chi connectivity index (χ1n) is 13.3. The second kappa shape index (κ2) is 11.3. The molecule has 2 aliphatic rings. The monoisotopic (exact) mass is 497 g/mol. The minimum atomic E-state index is 0.0678. The SMILES string of the molecule is CCC(=O)C(C=CC1CCC(N2C=NCCC=C2c2ccc(-c3nc4ccccc4s3)cc2)C1)CC. The van der Waals surface area contributed by atoms with E-state index >= 15 is 0 Å². The van der Waals surface area contributed by atoms with E-state index in [2.05, 4.69) is 83.8 Å². The average molecular weight is 498 g/mol. The highest BCUT2D eigenvalue weighted by Gasteiger charge is 2.30. The number of ketones is 1. The first kappa shape index (κ1) is 24.6. The van der Waals surface area contributed by atoms with E-state index in [1.807, 2.05) is 13.0 Å². The van der Waals surface area contributed by atoms with Gasteiger partial charge in [-0.1, -0.05) is 68.5 Å². The number of Topliss-reactive ketones (excluding diaryl/α,β-unsaturated/α-hetero) is 1. The fourth-order valence-corrected chi connectivity index (χ4v) is 6.34. The van der Waals surface area contributed by atoms with Crippen LogP contribution in [0.2, 0.25) is 0 Å². The Balaban J connectivity index is 1.32. The maximum atomic E-state index is 12.2. The molecule has 0 radical (unpaired) electrons. The Morgan fingerprint density at radius 1 is 1.11 bits per heavy atom. The number of hydrogen-bond acceptors (Lipinski definition) is 5. The molecule has 1 aliphatic carbocycles. The molecule has 4 nitrogen and oxygen atoms in total. The van der Waals surface area contributed by atoms with Gasteiger partial charge in [-0.15, -0.1) is 11.3 Å². The van der Waals surface area contributed by atoms with Crippen LogP contribution in [0.25, 0.3) is 26.5 Å². The summed E-state index contributed by atoms with van der Waals surface area (Å²) in [5.74, 6) is 0.939. The Bertz CT molecular complexity index is 1250. The predicted octanol–water partition coefficient (Wildman–Crippen LogP) is 7.77. The number of carbonyl (C=O) groups excluding carboxylic acids is 1. The second-order valence-corrected chi connectivity index (χ2v) is 10.8. The van der Waals surface area contributed by atoms with Gasteiger partial charge in [0.2, 0.25) is 0 Å². The summed E-state index contributed by atoms with van der Waals surface area (Å²) in [6, 6.07) is 17.6. The quantitative estimate of drug-likeness (QED) is 0.299. The molecule has 186 valence electrons. The number of hydrogen-bond donors (Lipinski definition) is 0. The molecule has 36 heavy (non-hydrogen) atoms. The highest BCUT2D eigenvalue weighted by Crippen LogP contribution is 2.36. The third-order valence-corrected chi connectivity index (χ3v) is 8.54. The molecule has 0 spiro atoms. The maximum absolute atomic E-state index is 12.2. The summed E-state index contributed by atoms with van der Waals surface area (Å²) in [4.78, 5) is 24.1. The minimum absolute atomic E-state index is 0.0678. The first-order valence-corrected chi connectivity index (χ1v) is 14.1. The normalized spacial score (nSPS) is 21.2. The van der Waals surface area contributed by atoms with Gasteiger partial charge in [-0.05, 0) is 55.7 Å². The van der Waals surface area contributed by atoms with Crippen LogP contribution in [0.4, 0.5) is 0 Å². The van der Waals surface area contributed by atoms with E-state index < -0.39 is 0 Å². The van der Waals surface area contributed by atoms with Crippen LogP contribution in [0.1, 0.15) is 57.9 Å². The molecule has 1 aliphatic heterocycles. The number of fused-ring (bicyclic) bond motifs is 1. The molecule has 5 rings (SSSR count). The molecule has 0 saturated heterocycles. The van der Waals surface area contributed by atoms with Gasteiger partial charge in [-0.2, -0.15) is 0 Å². The van der Waals surface area contributed by atoms with E-state index in [1.54, 1.807) is 11.3 Å². The molecule has 0 amide bonds. The molecule has 0 bridgehead atoms. The van der Waals surface area contributed by atoms with Crippen molar-refractivity contribution in [1.29, 1.82) is 0 Å². The molecule has 0 N–H and O–H groups in total. The molecule has 2 heterocycles. The Morgan fingerprint density at radius 3 is 2.69 bits per heavy atom. The summed E-state index contributed by atoms with van der Waals surface area (Å²) in [6.45, 7) is 4.90. The van der Waals surface area contributed by atoms with Gasteiger partial charge in [-0.25, -0.2) is 4.98 Å². The molecule has 1 aromatic heterocycles. The van der Waals surface area contributed by atoms with Gasteiger partial charge in [0.25, 0.3) is 0 Å². The van der Waals surface area contributed by atoms with Crippen molar-refractivity contribution in [3.05, 3.63) is 72.3 Å². The Labute approximate surface area is 218 Å². The lowest BCUT2D eigenvalue weighted by Crippen LogP contribution is -2.30. The zero-order valence-electron chi connectivity index (χ0n) is 21.3. The van der Waals surface area contributed by atoms with Crippen molar-refractivity contribution in [2.45, 2.75) is 58.4 Å². The standard InChI is InChI=1S/C31H35N3OS/c1-3-23(29(35)4-2)13-11-22-12-18-26(20-22)34-21-32-19-7-9-28(34)24-14-16-25(17-15-24)31-33-27-8-5-6-10-30(27)36-31/h5-6,8-11,13-17,21-23,26H,3-4,7,12,18-20H2,1-2H3. The summed E-state index contributed by atoms with van der Waals surface area (Å²) < 4.78 is 1.22. The number of rotatable bonds is 8. The highest BCUT2D eigenvalue weighted by molar-refractivity contribution is 7.21. The number of nitrogens with zero attached hydrogens (tertiary/aromatic N) is 3. The van der Waals surface area contributed by atoms with Crippen LogP contribution in [0.15, 0.2) is 71.8 Å². The first-order chi connectivity index (χ1) is 17.7. The zero-order valence-corrected chi connectivity index (χ0v) is 22.1. The molecule has 1 saturated carbocycles. The van der Waals surface area contributed by atoms with Gasteiger partial charge in [0, 0.05) is 36.2 Å². The van der Waals surface area contributed by atoms with Crippen LogP contribution in [0.5, 0.6) is 0 Å². The molecule has 1 fully saturated rings. The molecule has 3 aromatic rings. The van der Waals surface area contributed by atoms with Crippen molar-refractivity contribution in [3.8, 4) is 10.6 Å². The topological polar surface area (TPSA) is 45.6 Å². The van der Waals surface area contributed by atoms with Crippen LogP contribution in [0, 0.1) is 11.8 Å². The molecule has 5 heteroatoms. The Hall–Kier alpha value is -3.05. The Morgan fingerprint density at radius 2 is 1.92 bits per heavy atom. The van der Waals surface area contributed by atoms with Crippen molar-refractivity contribution in [1.82, 2.24) is 9.88 Å². The summed E-state index contributed by atoms with van der Waals surface area (Å²) in [7, 11) is 0.